The Morgan fingerprint density at radius 1 is 1.38 bits per heavy atom. The van der Waals surface area contributed by atoms with Crippen LogP contribution >= 0.6 is 24.4 Å². The van der Waals surface area contributed by atoms with E-state index in [0.717, 1.165) is 24.2 Å². The molecule has 1 nitrogen and oxygen atoms in total. The molecular formula is C10H22OS2. The fourth-order valence-corrected chi connectivity index (χ4v) is 3.02. The van der Waals surface area contributed by atoms with Gasteiger partial charge in [0.05, 0.1) is 0 Å². The maximum absolute atomic E-state index is 4.99. The van der Waals surface area contributed by atoms with Gasteiger partial charge in [-0.25, -0.2) is 0 Å². The van der Waals surface area contributed by atoms with E-state index < -0.39 is 0 Å². The van der Waals surface area contributed by atoms with E-state index in [-0.39, 0.29) is 0 Å². The van der Waals surface area contributed by atoms with Gasteiger partial charge in [0.2, 0.25) is 0 Å². The first kappa shape index (κ1) is 13.7. The summed E-state index contributed by atoms with van der Waals surface area (Å²) in [6.07, 6.45) is 1.17. The van der Waals surface area contributed by atoms with Gasteiger partial charge < -0.3 is 4.74 Å². The predicted molar refractivity (Wildman–Crippen MR) is 66.0 cm³/mol. The topological polar surface area (TPSA) is 9.23 Å². The first-order valence-corrected chi connectivity index (χ1v) is 6.68. The van der Waals surface area contributed by atoms with Crippen molar-refractivity contribution in [2.75, 3.05) is 31.0 Å². The lowest BCUT2D eigenvalue weighted by atomic mass is 10.0. The predicted octanol–water partition coefficient (Wildman–Crippen LogP) is 2.96. The quantitative estimate of drug-likeness (QED) is 0.499. The largest absolute Gasteiger partial charge is 0.385 e. The highest BCUT2D eigenvalue weighted by Crippen LogP contribution is 2.18. The van der Waals surface area contributed by atoms with Crippen LogP contribution in [0, 0.1) is 11.8 Å². The molecule has 0 saturated heterocycles. The monoisotopic (exact) mass is 222 g/mol. The van der Waals surface area contributed by atoms with Crippen LogP contribution in [0.25, 0.3) is 0 Å². The van der Waals surface area contributed by atoms with Crippen molar-refractivity contribution in [3.8, 4) is 0 Å². The number of thiol groups is 1. The van der Waals surface area contributed by atoms with Gasteiger partial charge in [-0.1, -0.05) is 13.8 Å². The molecule has 0 N–H and O–H groups in total. The van der Waals surface area contributed by atoms with Crippen LogP contribution < -0.4 is 0 Å². The van der Waals surface area contributed by atoms with Crippen molar-refractivity contribution in [2.45, 2.75) is 20.3 Å². The molecule has 0 aliphatic carbocycles. The maximum Gasteiger partial charge on any atom is 0.0470 e. The highest BCUT2D eigenvalue weighted by molar-refractivity contribution is 7.99. The minimum absolute atomic E-state index is 0.757. The van der Waals surface area contributed by atoms with Crippen LogP contribution in [0.5, 0.6) is 0 Å². The van der Waals surface area contributed by atoms with E-state index in [1.165, 1.54) is 17.9 Å². The molecule has 0 aliphatic rings. The number of thioether (sulfide) groups is 1. The van der Waals surface area contributed by atoms with Gasteiger partial charge in [0.1, 0.15) is 0 Å². The van der Waals surface area contributed by atoms with Crippen LogP contribution in [0.4, 0.5) is 0 Å². The third kappa shape index (κ3) is 7.71. The minimum Gasteiger partial charge on any atom is -0.385 e. The van der Waals surface area contributed by atoms with Crippen molar-refractivity contribution in [3.63, 3.8) is 0 Å². The summed E-state index contributed by atoms with van der Waals surface area (Å²) in [5.74, 6) is 4.98. The molecular weight excluding hydrogens is 200 g/mol. The van der Waals surface area contributed by atoms with Crippen LogP contribution in [-0.4, -0.2) is 31.0 Å². The van der Waals surface area contributed by atoms with Crippen LogP contribution in [-0.2, 0) is 4.74 Å². The van der Waals surface area contributed by atoms with E-state index in [9.17, 15) is 0 Å². The van der Waals surface area contributed by atoms with Crippen LogP contribution in [0.15, 0.2) is 0 Å². The highest BCUT2D eigenvalue weighted by Gasteiger charge is 2.10. The van der Waals surface area contributed by atoms with Gasteiger partial charge in [0.25, 0.3) is 0 Å². The van der Waals surface area contributed by atoms with Crippen LogP contribution in [0.1, 0.15) is 20.3 Å². The Bertz CT molecular complexity index is 107. The van der Waals surface area contributed by atoms with Crippen LogP contribution in [0.3, 0.4) is 0 Å². The molecule has 1 atom stereocenters. The highest BCUT2D eigenvalue weighted by atomic mass is 32.2. The number of hydrogen-bond donors (Lipinski definition) is 1. The SMILES string of the molecule is COCCCSCC(CS)C(C)C. The average Bonchev–Trinajstić information content (AvgIpc) is 2.10. The Balaban J connectivity index is 3.28. The lowest BCUT2D eigenvalue weighted by molar-refractivity contribution is 0.200. The molecule has 0 fully saturated rings. The van der Waals surface area contributed by atoms with E-state index in [1.807, 2.05) is 11.8 Å². The minimum atomic E-state index is 0.757. The molecule has 0 aromatic carbocycles. The zero-order valence-electron chi connectivity index (χ0n) is 8.95. The number of hydrogen-bond acceptors (Lipinski definition) is 3. The Kier molecular flexibility index (Phi) is 9.69. The molecule has 0 spiro atoms. The number of methoxy groups -OCH3 is 1. The molecule has 0 aromatic heterocycles. The third-order valence-corrected chi connectivity index (χ3v) is 3.86. The van der Waals surface area contributed by atoms with E-state index in [0.29, 0.717) is 0 Å². The van der Waals surface area contributed by atoms with Crippen molar-refractivity contribution in [1.29, 1.82) is 0 Å². The van der Waals surface area contributed by atoms with Gasteiger partial charge in [-0.15, -0.1) is 0 Å². The summed E-state index contributed by atoms with van der Waals surface area (Å²) in [6.45, 7) is 5.44. The molecule has 80 valence electrons. The van der Waals surface area contributed by atoms with E-state index in [1.54, 1.807) is 7.11 Å². The summed E-state index contributed by atoms with van der Waals surface area (Å²) in [4.78, 5) is 0. The molecule has 3 heteroatoms. The van der Waals surface area contributed by atoms with E-state index >= 15 is 0 Å². The summed E-state index contributed by atoms with van der Waals surface area (Å²) in [6, 6.07) is 0. The van der Waals surface area contributed by atoms with Gasteiger partial charge >= 0.3 is 0 Å². The zero-order valence-corrected chi connectivity index (χ0v) is 10.7. The summed E-state index contributed by atoms with van der Waals surface area (Å²) in [5.41, 5.74) is 0. The zero-order chi connectivity index (χ0) is 10.1. The van der Waals surface area contributed by atoms with Crippen molar-refractivity contribution in [2.24, 2.45) is 11.8 Å². The van der Waals surface area contributed by atoms with Crippen LogP contribution in [0.2, 0.25) is 0 Å². The first-order chi connectivity index (χ1) is 6.22. The molecule has 0 amide bonds. The van der Waals surface area contributed by atoms with Gasteiger partial charge in [0, 0.05) is 13.7 Å². The second kappa shape index (κ2) is 9.22. The van der Waals surface area contributed by atoms with Crippen molar-refractivity contribution in [3.05, 3.63) is 0 Å². The summed E-state index contributed by atoms with van der Waals surface area (Å²) < 4.78 is 4.99. The molecule has 0 saturated carbocycles. The lowest BCUT2D eigenvalue weighted by Crippen LogP contribution is -2.13. The molecule has 0 radical (unpaired) electrons. The fraction of sp³-hybridized carbons (Fsp3) is 1.00. The maximum atomic E-state index is 4.99. The van der Waals surface area contributed by atoms with Gasteiger partial charge in [-0.3, -0.25) is 0 Å². The fourth-order valence-electron chi connectivity index (χ4n) is 0.996. The Morgan fingerprint density at radius 3 is 2.54 bits per heavy atom. The van der Waals surface area contributed by atoms with Gasteiger partial charge in [0.15, 0.2) is 0 Å². The molecule has 0 aromatic rings. The number of ether oxygens (including phenoxy) is 1. The molecule has 1 unspecified atom stereocenters. The van der Waals surface area contributed by atoms with Gasteiger partial charge in [-0.2, -0.15) is 24.4 Å². The smallest absolute Gasteiger partial charge is 0.0470 e. The van der Waals surface area contributed by atoms with Crippen molar-refractivity contribution < 1.29 is 4.74 Å². The molecule has 0 rings (SSSR count). The van der Waals surface area contributed by atoms with Crippen molar-refractivity contribution in [1.82, 2.24) is 0 Å². The number of rotatable bonds is 8. The van der Waals surface area contributed by atoms with E-state index in [2.05, 4.69) is 26.5 Å². The lowest BCUT2D eigenvalue weighted by Gasteiger charge is -2.17. The van der Waals surface area contributed by atoms with E-state index in [4.69, 9.17) is 4.74 Å². The first-order valence-electron chi connectivity index (χ1n) is 4.90. The standard InChI is InChI=1S/C10H22OS2/c1-9(2)10(7-12)8-13-6-4-5-11-3/h9-10,12H,4-8H2,1-3H3. The van der Waals surface area contributed by atoms with Gasteiger partial charge in [-0.05, 0) is 35.5 Å². The van der Waals surface area contributed by atoms with Crippen molar-refractivity contribution >= 4 is 24.4 Å². The Morgan fingerprint density at radius 2 is 2.08 bits per heavy atom. The molecule has 0 aliphatic heterocycles. The average molecular weight is 222 g/mol. The second-order valence-electron chi connectivity index (χ2n) is 3.61. The molecule has 13 heavy (non-hydrogen) atoms. The Hall–Kier alpha value is 0.660. The Labute approximate surface area is 92.4 Å². The molecule has 0 bridgehead atoms. The molecule has 0 heterocycles. The normalized spacial score (nSPS) is 13.6. The summed E-state index contributed by atoms with van der Waals surface area (Å²) in [5, 5.41) is 0. The summed E-state index contributed by atoms with van der Waals surface area (Å²) >= 11 is 6.39. The summed E-state index contributed by atoms with van der Waals surface area (Å²) in [7, 11) is 1.76. The second-order valence-corrected chi connectivity index (χ2v) is 5.12. The third-order valence-electron chi connectivity index (χ3n) is 2.15.